The Labute approximate surface area is 33.2 Å². The van der Waals surface area contributed by atoms with Gasteiger partial charge in [0.05, 0.1) is 0 Å². The van der Waals surface area contributed by atoms with Crippen molar-refractivity contribution in [1.29, 1.82) is 22.1 Å². The minimum atomic E-state index is 2.00. The Morgan fingerprint density at radius 2 is 0.667 bits per heavy atom. The van der Waals surface area contributed by atoms with Gasteiger partial charge in [0.15, 0.2) is 0 Å². The van der Waals surface area contributed by atoms with Gasteiger partial charge in [0, 0.05) is 0 Å². The maximum absolute atomic E-state index is 5.50. The molecule has 0 atom stereocenters. The van der Waals surface area contributed by atoms with Crippen LogP contribution < -0.4 is 9.82 Å². The van der Waals surface area contributed by atoms with Crippen molar-refractivity contribution in [2.24, 2.45) is 0 Å². The fraction of sp³-hybridized carbons (Fsp3) is 0. The van der Waals surface area contributed by atoms with Crippen LogP contribution in [0, 0.1) is 22.1 Å². The van der Waals surface area contributed by atoms with Gasteiger partial charge >= 0.3 is 0 Å². The molecule has 6 nitrogen and oxygen atoms in total. The highest BCUT2D eigenvalue weighted by Gasteiger charge is 1.16. The van der Waals surface area contributed by atoms with Crippen LogP contribution in [0.25, 0.3) is 0 Å². The highest BCUT2D eigenvalue weighted by Crippen LogP contribution is 0.844. The number of nitrogens with one attached hydrogen (secondary N) is 4. The zero-order chi connectivity index (χ0) is 5.41. The van der Waals surface area contributed by atoms with Crippen molar-refractivity contribution in [3.63, 3.8) is 0 Å². The van der Waals surface area contributed by atoms with E-state index in [1.165, 1.54) is 0 Å². The summed E-state index contributed by atoms with van der Waals surface area (Å²) in [6.45, 7) is 0. The zero-order valence-electron chi connectivity index (χ0n) is 2.89. The monoisotopic (exact) mass is 88.0 g/mol. The summed E-state index contributed by atoms with van der Waals surface area (Å²) in [7, 11) is 0. The highest BCUT2D eigenvalue weighted by molar-refractivity contribution is 2.97. The summed E-state index contributed by atoms with van der Waals surface area (Å²) in [4.78, 5) is 4.00. The van der Waals surface area contributed by atoms with E-state index in [1.807, 2.05) is 9.82 Å². The van der Waals surface area contributed by atoms with Gasteiger partial charge in [-0.25, -0.2) is 0 Å². The first kappa shape index (κ1) is 8.82. The van der Waals surface area contributed by atoms with Crippen LogP contribution in [0.2, 0.25) is 0 Å². The minimum absolute atomic E-state index is 2.00. The molecule has 0 aliphatic heterocycles. The van der Waals surface area contributed by atoms with E-state index in [-0.39, 0.29) is 0 Å². The van der Waals surface area contributed by atoms with E-state index >= 15 is 0 Å². The third kappa shape index (κ3) is 3.61. The lowest BCUT2D eigenvalue weighted by molar-refractivity contribution is 0.928. The van der Waals surface area contributed by atoms with Crippen molar-refractivity contribution in [3.05, 3.63) is 0 Å². The van der Waals surface area contributed by atoms with Crippen molar-refractivity contribution in [1.82, 2.24) is 9.82 Å². The predicted octanol–water partition coefficient (Wildman–Crippen LogP) is 0.231. The summed E-state index contributed by atoms with van der Waals surface area (Å²) in [6.07, 6.45) is 0. The Kier molecular flexibility index (Phi) is 95.0. The van der Waals surface area contributed by atoms with Crippen molar-refractivity contribution in [2.75, 3.05) is 0 Å². The molecule has 4 N–H and O–H groups in total. The quantitative estimate of drug-likeness (QED) is 0.239. The normalized spacial score (nSPS) is 2.67. The van der Waals surface area contributed by atoms with E-state index in [9.17, 15) is 0 Å². The number of hydrogen-bond donors (Lipinski definition) is 4. The summed E-state index contributed by atoms with van der Waals surface area (Å²) in [5.74, 6) is 0. The largest absolute Gasteiger partial charge is 0.211 e. The van der Waals surface area contributed by atoms with Crippen LogP contribution in [0.1, 0.15) is 0 Å². The molecule has 0 fully saturated rings. The Morgan fingerprint density at radius 3 is 0.667 bits per heavy atom. The highest BCUT2D eigenvalue weighted by atomic mass is 15.0. The summed E-state index contributed by atoms with van der Waals surface area (Å²) in [5.41, 5.74) is 22.0. The van der Waals surface area contributed by atoms with E-state index in [0.717, 1.165) is 0 Å². The first-order valence-corrected chi connectivity index (χ1v) is 0.894. The molecule has 6 heavy (non-hydrogen) atoms. The van der Waals surface area contributed by atoms with Crippen LogP contribution in [0.5, 0.6) is 0 Å². The third-order valence-electron chi connectivity index (χ3n) is 0. The van der Waals surface area contributed by atoms with Crippen molar-refractivity contribution in [2.45, 2.75) is 0 Å². The van der Waals surface area contributed by atoms with E-state index in [1.54, 1.807) is 0 Å². The molecule has 0 radical (unpaired) electrons. The Balaban J connectivity index is 0. The molecule has 0 saturated heterocycles. The second kappa shape index (κ2) is 64.6. The predicted molar refractivity (Wildman–Crippen MR) is 15.1 cm³/mol. The summed E-state index contributed by atoms with van der Waals surface area (Å²) < 4.78 is 0. The van der Waals surface area contributed by atoms with E-state index in [4.69, 9.17) is 22.1 Å². The van der Waals surface area contributed by atoms with Gasteiger partial charge in [0.25, 0.3) is 0 Å². The molecule has 0 rings (SSSR count). The molecular formula is H4N6+2. The standard InChI is InChI=1S/2H2N3/c2*1-3-2/h2*1-2H/q2*+1. The fourth-order valence-corrected chi connectivity index (χ4v) is 0. The van der Waals surface area contributed by atoms with E-state index in [0.29, 0.717) is 0 Å². The molecule has 0 aliphatic carbocycles. The molecule has 0 unspecified atom stereocenters. The molecule has 6 heteroatoms. The van der Waals surface area contributed by atoms with Gasteiger partial charge in [0.1, 0.15) is 22.1 Å². The fourth-order valence-electron chi connectivity index (χ4n) is 0. The van der Waals surface area contributed by atoms with Gasteiger partial charge < -0.3 is 0 Å². The molecule has 0 aromatic carbocycles. The summed E-state index contributed by atoms with van der Waals surface area (Å²) in [6, 6.07) is 0. The van der Waals surface area contributed by atoms with Gasteiger partial charge in [0.2, 0.25) is 9.82 Å². The zero-order valence-corrected chi connectivity index (χ0v) is 2.89. The van der Waals surface area contributed by atoms with Gasteiger partial charge in [-0.3, -0.25) is 0 Å². The van der Waals surface area contributed by atoms with Crippen LogP contribution in [0.4, 0.5) is 0 Å². The van der Waals surface area contributed by atoms with Crippen molar-refractivity contribution in [3.8, 4) is 0 Å². The van der Waals surface area contributed by atoms with E-state index < -0.39 is 0 Å². The molecular weight excluding hydrogens is 84.0 g/mol. The molecule has 0 aromatic rings. The van der Waals surface area contributed by atoms with Crippen LogP contribution in [0.15, 0.2) is 0 Å². The lowest BCUT2D eigenvalue weighted by atomic mass is 13.0. The van der Waals surface area contributed by atoms with Crippen molar-refractivity contribution >= 4 is 0 Å². The molecule has 0 aliphatic rings. The van der Waals surface area contributed by atoms with Crippen LogP contribution in [-0.4, -0.2) is 0 Å². The number of rotatable bonds is 0. The second-order valence-electron chi connectivity index (χ2n) is 0.224. The summed E-state index contributed by atoms with van der Waals surface area (Å²) in [5, 5.41) is 0. The van der Waals surface area contributed by atoms with Gasteiger partial charge in [-0.05, 0) is 0 Å². The third-order valence-corrected chi connectivity index (χ3v) is 0. The Bertz CT molecular complexity index is 54.0. The molecule has 0 saturated carbocycles. The number of hydrogen-bond acceptors (Lipinski definition) is 4. The SMILES string of the molecule is N=[N+]=N.N=[N+]=N. The molecule has 0 heterocycles. The summed E-state index contributed by atoms with van der Waals surface area (Å²) >= 11 is 0. The van der Waals surface area contributed by atoms with Gasteiger partial charge in [-0.1, -0.05) is 0 Å². The lowest BCUT2D eigenvalue weighted by Gasteiger charge is -0.844. The Hall–Kier alpha value is -1.38. The lowest BCUT2D eigenvalue weighted by Crippen LogP contribution is -1.24. The first-order valence-electron chi connectivity index (χ1n) is 0.894. The van der Waals surface area contributed by atoms with E-state index in [2.05, 4.69) is 0 Å². The van der Waals surface area contributed by atoms with Crippen molar-refractivity contribution < 1.29 is 0 Å². The molecule has 0 bridgehead atoms. The smallest absolute Gasteiger partial charge is 0.103 e. The second-order valence-corrected chi connectivity index (χ2v) is 0.224. The average Bonchev–Trinajstić information content (AvgIpc) is 1.39. The maximum atomic E-state index is 5.50. The molecule has 32 valence electrons. The molecule has 0 spiro atoms. The van der Waals surface area contributed by atoms with Crippen LogP contribution in [0.3, 0.4) is 0 Å². The molecule has 0 aromatic heterocycles. The Morgan fingerprint density at radius 1 is 0.667 bits per heavy atom. The van der Waals surface area contributed by atoms with Crippen LogP contribution >= 0.6 is 0 Å². The number of nitrogens with zero attached hydrogens (tertiary/aromatic N) is 2. The molecule has 0 amide bonds. The maximum Gasteiger partial charge on any atom is 0.211 e. The topological polar surface area (TPSA) is 124 Å². The van der Waals surface area contributed by atoms with Gasteiger partial charge in [-0.2, -0.15) is 0 Å². The van der Waals surface area contributed by atoms with Crippen LogP contribution in [-0.2, 0) is 0 Å². The van der Waals surface area contributed by atoms with Gasteiger partial charge in [-0.15, -0.1) is 0 Å². The minimum Gasteiger partial charge on any atom is 0.103 e. The first-order chi connectivity index (χ1) is 2.83. The average molecular weight is 88.1 g/mol.